The van der Waals surface area contributed by atoms with Gasteiger partial charge in [-0.25, -0.2) is 0 Å². The van der Waals surface area contributed by atoms with E-state index in [1.54, 1.807) is 0 Å². The van der Waals surface area contributed by atoms with Crippen molar-refractivity contribution in [2.45, 2.75) is 12.7 Å². The molecule has 0 atom stereocenters. The Morgan fingerprint density at radius 3 is 2.65 bits per heavy atom. The zero-order valence-electron chi connectivity index (χ0n) is 11.2. The van der Waals surface area contributed by atoms with E-state index in [1.807, 2.05) is 0 Å². The van der Waals surface area contributed by atoms with Crippen LogP contribution in [0.3, 0.4) is 0 Å². The van der Waals surface area contributed by atoms with Gasteiger partial charge in [0.1, 0.15) is 12.3 Å². The number of anilines is 1. The Balaban J connectivity index is 2.09. The number of alkyl halides is 3. The van der Waals surface area contributed by atoms with Crippen LogP contribution in [0.15, 0.2) is 30.5 Å². The molecule has 0 saturated carbocycles. The number of nitro benzene ring substituents is 1. The smallest absolute Gasteiger partial charge is 0.435 e. The molecule has 0 fully saturated rings. The van der Waals surface area contributed by atoms with Gasteiger partial charge in [0.15, 0.2) is 5.69 Å². The molecular formula is C12H9F3N4O4. The van der Waals surface area contributed by atoms with Crippen LogP contribution in [0.4, 0.5) is 24.5 Å². The molecule has 0 bridgehead atoms. The van der Waals surface area contributed by atoms with E-state index in [0.29, 0.717) is 6.07 Å². The van der Waals surface area contributed by atoms with Crippen molar-refractivity contribution in [1.82, 2.24) is 9.78 Å². The lowest BCUT2D eigenvalue weighted by molar-refractivity contribution is -0.384. The summed E-state index contributed by atoms with van der Waals surface area (Å²) in [6.07, 6.45) is -3.66. The molecule has 11 heteroatoms. The van der Waals surface area contributed by atoms with Crippen molar-refractivity contribution in [1.29, 1.82) is 0 Å². The second-order valence-electron chi connectivity index (χ2n) is 4.40. The third-order valence-electron chi connectivity index (χ3n) is 2.70. The molecule has 1 aromatic heterocycles. The number of nitrogens with one attached hydrogen (secondary N) is 1. The van der Waals surface area contributed by atoms with E-state index in [9.17, 15) is 33.2 Å². The molecule has 1 amide bonds. The van der Waals surface area contributed by atoms with E-state index >= 15 is 0 Å². The highest BCUT2D eigenvalue weighted by Crippen LogP contribution is 2.28. The summed E-state index contributed by atoms with van der Waals surface area (Å²) < 4.78 is 37.9. The van der Waals surface area contributed by atoms with Crippen LogP contribution in [0, 0.1) is 10.1 Å². The first kappa shape index (κ1) is 16.3. The molecule has 0 saturated heterocycles. The quantitative estimate of drug-likeness (QED) is 0.507. The van der Waals surface area contributed by atoms with Gasteiger partial charge in [-0.15, -0.1) is 0 Å². The first-order valence-corrected chi connectivity index (χ1v) is 6.05. The van der Waals surface area contributed by atoms with E-state index < -0.39 is 35.0 Å². The van der Waals surface area contributed by atoms with E-state index in [2.05, 4.69) is 10.4 Å². The summed E-state index contributed by atoms with van der Waals surface area (Å²) in [5.74, 6) is -1.22. The predicted octanol–water partition coefficient (Wildman–Crippen LogP) is 2.15. The summed E-state index contributed by atoms with van der Waals surface area (Å²) in [6, 6.07) is 3.69. The van der Waals surface area contributed by atoms with E-state index in [0.717, 1.165) is 29.1 Å². The van der Waals surface area contributed by atoms with Crippen LogP contribution in [0.2, 0.25) is 0 Å². The molecular weight excluding hydrogens is 321 g/mol. The molecule has 0 unspecified atom stereocenters. The van der Waals surface area contributed by atoms with Crippen LogP contribution in [0.1, 0.15) is 5.69 Å². The van der Waals surface area contributed by atoms with Crippen molar-refractivity contribution in [2.75, 3.05) is 5.32 Å². The molecule has 0 aliphatic carbocycles. The van der Waals surface area contributed by atoms with Crippen LogP contribution in [0.25, 0.3) is 0 Å². The third kappa shape index (κ3) is 3.96. The number of nitro groups is 1. The van der Waals surface area contributed by atoms with Gasteiger partial charge in [0, 0.05) is 18.3 Å². The molecule has 23 heavy (non-hydrogen) atoms. The minimum absolute atomic E-state index is 0.229. The van der Waals surface area contributed by atoms with Crippen molar-refractivity contribution in [3.63, 3.8) is 0 Å². The lowest BCUT2D eigenvalue weighted by Gasteiger charge is -2.07. The summed E-state index contributed by atoms with van der Waals surface area (Å²) in [5, 5.41) is 25.5. The summed E-state index contributed by atoms with van der Waals surface area (Å²) >= 11 is 0. The summed E-state index contributed by atoms with van der Waals surface area (Å²) in [4.78, 5) is 21.6. The van der Waals surface area contributed by atoms with Crippen molar-refractivity contribution < 1.29 is 28.0 Å². The number of non-ortho nitro benzene ring substituents is 1. The molecule has 0 aliphatic heterocycles. The highest BCUT2D eigenvalue weighted by atomic mass is 19.4. The van der Waals surface area contributed by atoms with Gasteiger partial charge in [-0.05, 0) is 12.1 Å². The molecule has 2 rings (SSSR count). The second-order valence-corrected chi connectivity index (χ2v) is 4.40. The fourth-order valence-electron chi connectivity index (χ4n) is 1.68. The van der Waals surface area contributed by atoms with E-state index in [1.165, 1.54) is 0 Å². The van der Waals surface area contributed by atoms with Gasteiger partial charge in [-0.1, -0.05) is 0 Å². The molecule has 0 spiro atoms. The summed E-state index contributed by atoms with van der Waals surface area (Å²) in [6.45, 7) is -0.557. The Hall–Kier alpha value is -3.11. The van der Waals surface area contributed by atoms with Crippen molar-refractivity contribution in [3.05, 3.63) is 46.3 Å². The highest BCUT2D eigenvalue weighted by molar-refractivity contribution is 5.92. The summed E-state index contributed by atoms with van der Waals surface area (Å²) in [5.41, 5.74) is -1.74. The number of nitrogens with zero attached hydrogens (tertiary/aromatic N) is 3. The van der Waals surface area contributed by atoms with E-state index in [4.69, 9.17) is 0 Å². The molecule has 2 N–H and O–H groups in total. The highest BCUT2D eigenvalue weighted by Gasteiger charge is 2.33. The molecule has 1 aromatic carbocycles. The topological polar surface area (TPSA) is 110 Å². The Kier molecular flexibility index (Phi) is 4.20. The van der Waals surface area contributed by atoms with Gasteiger partial charge >= 0.3 is 6.18 Å². The lowest BCUT2D eigenvalue weighted by atomic mass is 10.2. The number of aromatic hydroxyl groups is 1. The average Bonchev–Trinajstić information content (AvgIpc) is 2.89. The number of amides is 1. The Morgan fingerprint density at radius 1 is 1.39 bits per heavy atom. The van der Waals surface area contributed by atoms with Gasteiger partial charge in [0.2, 0.25) is 5.91 Å². The number of hydrogen-bond acceptors (Lipinski definition) is 5. The number of benzene rings is 1. The molecule has 8 nitrogen and oxygen atoms in total. The number of rotatable bonds is 4. The predicted molar refractivity (Wildman–Crippen MR) is 70.6 cm³/mol. The second kappa shape index (κ2) is 5.94. The number of carbonyl (C=O) groups is 1. The minimum atomic E-state index is -4.62. The lowest BCUT2D eigenvalue weighted by Crippen LogP contribution is -2.20. The van der Waals surface area contributed by atoms with Crippen LogP contribution >= 0.6 is 0 Å². The van der Waals surface area contributed by atoms with Gasteiger partial charge in [0.25, 0.3) is 5.69 Å². The number of phenols is 1. The Morgan fingerprint density at radius 2 is 2.09 bits per heavy atom. The van der Waals surface area contributed by atoms with Crippen molar-refractivity contribution in [3.8, 4) is 5.75 Å². The Labute approximate surface area is 126 Å². The maximum Gasteiger partial charge on any atom is 0.435 e. The molecule has 122 valence electrons. The molecule has 0 aliphatic rings. The first-order chi connectivity index (χ1) is 10.7. The third-order valence-corrected chi connectivity index (χ3v) is 2.70. The van der Waals surface area contributed by atoms with Crippen molar-refractivity contribution in [2.24, 2.45) is 0 Å². The van der Waals surface area contributed by atoms with Crippen LogP contribution in [0.5, 0.6) is 5.75 Å². The zero-order chi connectivity index (χ0) is 17.2. The fraction of sp³-hybridized carbons (Fsp3) is 0.167. The molecule has 0 radical (unpaired) electrons. The van der Waals surface area contributed by atoms with Gasteiger partial charge < -0.3 is 10.4 Å². The van der Waals surface area contributed by atoms with Gasteiger partial charge in [-0.3, -0.25) is 19.6 Å². The van der Waals surface area contributed by atoms with E-state index in [-0.39, 0.29) is 11.4 Å². The largest absolute Gasteiger partial charge is 0.506 e. The number of aromatic nitrogens is 2. The minimum Gasteiger partial charge on any atom is -0.506 e. The average molecular weight is 330 g/mol. The number of halogens is 3. The number of hydrogen-bond donors (Lipinski definition) is 2. The standard InChI is InChI=1S/C12H9F3N4O4/c13-12(14,15)10-3-4-18(17-10)6-11(21)16-8-5-7(19(22)23)1-2-9(8)20/h1-5,20H,6H2,(H,16,21). The molecule has 1 heterocycles. The Bertz CT molecular complexity index is 757. The fourth-order valence-corrected chi connectivity index (χ4v) is 1.68. The SMILES string of the molecule is O=C(Cn1ccc(C(F)(F)F)n1)Nc1cc([N+](=O)[O-])ccc1O. The normalized spacial score (nSPS) is 11.3. The van der Waals surface area contributed by atoms with Gasteiger partial charge in [0.05, 0.1) is 10.6 Å². The molecule has 2 aromatic rings. The maximum absolute atomic E-state index is 12.4. The van der Waals surface area contributed by atoms with Crippen molar-refractivity contribution >= 4 is 17.3 Å². The van der Waals surface area contributed by atoms with Crippen LogP contribution in [-0.2, 0) is 17.5 Å². The monoisotopic (exact) mass is 330 g/mol. The van der Waals surface area contributed by atoms with Crippen LogP contribution < -0.4 is 5.32 Å². The summed E-state index contributed by atoms with van der Waals surface area (Å²) in [7, 11) is 0. The number of phenolic OH excluding ortho intramolecular Hbond substituents is 1. The first-order valence-electron chi connectivity index (χ1n) is 6.05. The van der Waals surface area contributed by atoms with Gasteiger partial charge in [-0.2, -0.15) is 18.3 Å². The van der Waals surface area contributed by atoms with Crippen LogP contribution in [-0.4, -0.2) is 25.7 Å². The number of carbonyl (C=O) groups excluding carboxylic acids is 1. The zero-order valence-corrected chi connectivity index (χ0v) is 11.2. The maximum atomic E-state index is 12.4.